The van der Waals surface area contributed by atoms with Crippen LogP contribution in [0.15, 0.2) is 48.8 Å². The second-order valence-corrected chi connectivity index (χ2v) is 6.01. The van der Waals surface area contributed by atoms with Crippen LogP contribution in [0.25, 0.3) is 11.3 Å². The van der Waals surface area contributed by atoms with Crippen molar-refractivity contribution in [2.45, 2.75) is 19.9 Å². The van der Waals surface area contributed by atoms with Crippen molar-refractivity contribution in [3.8, 4) is 11.3 Å². The molecule has 0 spiro atoms. The first-order valence-electron chi connectivity index (χ1n) is 8.25. The molecule has 134 valence electrons. The van der Waals surface area contributed by atoms with Crippen molar-refractivity contribution in [2.24, 2.45) is 0 Å². The molecule has 0 saturated heterocycles. The molecule has 2 heterocycles. The molecule has 0 amide bonds. The molecule has 0 aliphatic carbocycles. The summed E-state index contributed by atoms with van der Waals surface area (Å²) in [5, 5.41) is 15.5. The summed E-state index contributed by atoms with van der Waals surface area (Å²) in [6.45, 7) is 3.50. The molecule has 0 unspecified atom stereocenters. The van der Waals surface area contributed by atoms with Crippen molar-refractivity contribution >= 4 is 17.5 Å². The van der Waals surface area contributed by atoms with E-state index in [0.29, 0.717) is 23.0 Å². The Labute approximate surface area is 151 Å². The molecule has 0 bridgehead atoms. The zero-order valence-corrected chi connectivity index (χ0v) is 14.6. The van der Waals surface area contributed by atoms with Gasteiger partial charge in [0.25, 0.3) is 0 Å². The lowest BCUT2D eigenvalue weighted by atomic mass is 10.2. The maximum atomic E-state index is 13.5. The number of aryl methyl sites for hydroxylation is 1. The predicted molar refractivity (Wildman–Crippen MR) is 99.9 cm³/mol. The van der Waals surface area contributed by atoms with E-state index in [1.54, 1.807) is 31.5 Å². The van der Waals surface area contributed by atoms with Crippen LogP contribution in [0, 0.1) is 12.7 Å². The third-order valence-electron chi connectivity index (χ3n) is 3.78. The number of aliphatic hydroxyl groups excluding tert-OH is 1. The van der Waals surface area contributed by atoms with Gasteiger partial charge in [0, 0.05) is 35.8 Å². The van der Waals surface area contributed by atoms with Gasteiger partial charge in [-0.1, -0.05) is 0 Å². The maximum Gasteiger partial charge on any atom is 0.225 e. The van der Waals surface area contributed by atoms with E-state index in [0.717, 1.165) is 11.3 Å². The van der Waals surface area contributed by atoms with E-state index in [1.807, 2.05) is 25.1 Å². The molecule has 7 heteroatoms. The number of nitrogens with zero attached hydrogens (tertiary/aromatic N) is 3. The highest BCUT2D eigenvalue weighted by Crippen LogP contribution is 2.24. The fourth-order valence-corrected chi connectivity index (χ4v) is 2.38. The summed E-state index contributed by atoms with van der Waals surface area (Å²) >= 11 is 0. The fourth-order valence-electron chi connectivity index (χ4n) is 2.38. The Kier molecular flexibility index (Phi) is 5.38. The van der Waals surface area contributed by atoms with Gasteiger partial charge in [-0.05, 0) is 49.7 Å². The molecule has 0 aliphatic rings. The zero-order chi connectivity index (χ0) is 18.5. The van der Waals surface area contributed by atoms with Crippen LogP contribution in [0.4, 0.5) is 21.8 Å². The SMILES string of the molecule is Cc1cc(Nc2cc(-c3ccncc3)nc(N[C@H](C)CO)n2)ccc1F. The minimum Gasteiger partial charge on any atom is -0.394 e. The maximum absolute atomic E-state index is 13.5. The highest BCUT2D eigenvalue weighted by molar-refractivity contribution is 5.67. The molecule has 0 aliphatic heterocycles. The Hall–Kier alpha value is -3.06. The number of hydrogen-bond donors (Lipinski definition) is 3. The lowest BCUT2D eigenvalue weighted by Crippen LogP contribution is -2.21. The summed E-state index contributed by atoms with van der Waals surface area (Å²) in [6.07, 6.45) is 3.38. The summed E-state index contributed by atoms with van der Waals surface area (Å²) < 4.78 is 13.5. The molecule has 26 heavy (non-hydrogen) atoms. The Morgan fingerprint density at radius 1 is 1.12 bits per heavy atom. The van der Waals surface area contributed by atoms with E-state index in [9.17, 15) is 9.50 Å². The van der Waals surface area contributed by atoms with Crippen molar-refractivity contribution in [3.63, 3.8) is 0 Å². The van der Waals surface area contributed by atoms with Gasteiger partial charge in [-0.2, -0.15) is 4.98 Å². The third kappa shape index (κ3) is 4.31. The average molecular weight is 353 g/mol. The number of anilines is 3. The Morgan fingerprint density at radius 3 is 2.58 bits per heavy atom. The van der Waals surface area contributed by atoms with Crippen LogP contribution in [0.5, 0.6) is 0 Å². The molecule has 1 aromatic carbocycles. The van der Waals surface area contributed by atoms with Crippen LogP contribution < -0.4 is 10.6 Å². The topological polar surface area (TPSA) is 83.0 Å². The molecular weight excluding hydrogens is 333 g/mol. The molecule has 3 rings (SSSR count). The number of rotatable bonds is 6. The number of benzene rings is 1. The van der Waals surface area contributed by atoms with Gasteiger partial charge in [-0.3, -0.25) is 4.98 Å². The number of aromatic nitrogens is 3. The first-order chi connectivity index (χ1) is 12.5. The first-order valence-corrected chi connectivity index (χ1v) is 8.25. The highest BCUT2D eigenvalue weighted by Gasteiger charge is 2.10. The monoisotopic (exact) mass is 353 g/mol. The summed E-state index contributed by atoms with van der Waals surface area (Å²) in [7, 11) is 0. The fraction of sp³-hybridized carbons (Fsp3) is 0.211. The smallest absolute Gasteiger partial charge is 0.225 e. The average Bonchev–Trinajstić information content (AvgIpc) is 2.65. The molecule has 1 atom stereocenters. The third-order valence-corrected chi connectivity index (χ3v) is 3.78. The normalized spacial score (nSPS) is 11.8. The summed E-state index contributed by atoms with van der Waals surface area (Å²) in [4.78, 5) is 13.0. The molecular formula is C19H20FN5O. The van der Waals surface area contributed by atoms with Crippen LogP contribution in [0.2, 0.25) is 0 Å². The first kappa shape index (κ1) is 17.8. The molecule has 3 aromatic rings. The van der Waals surface area contributed by atoms with E-state index in [-0.39, 0.29) is 18.5 Å². The van der Waals surface area contributed by atoms with Gasteiger partial charge in [0.1, 0.15) is 11.6 Å². The summed E-state index contributed by atoms with van der Waals surface area (Å²) in [5.41, 5.74) is 2.87. The zero-order valence-electron chi connectivity index (χ0n) is 14.6. The quantitative estimate of drug-likeness (QED) is 0.629. The van der Waals surface area contributed by atoms with E-state index < -0.39 is 0 Å². The van der Waals surface area contributed by atoms with Crippen molar-refractivity contribution in [2.75, 3.05) is 17.2 Å². The number of hydrogen-bond acceptors (Lipinski definition) is 6. The van der Waals surface area contributed by atoms with Crippen molar-refractivity contribution < 1.29 is 9.50 Å². The Balaban J connectivity index is 1.97. The van der Waals surface area contributed by atoms with Crippen LogP contribution in [-0.4, -0.2) is 32.7 Å². The van der Waals surface area contributed by atoms with E-state index in [4.69, 9.17) is 0 Å². The van der Waals surface area contributed by atoms with Crippen LogP contribution in [-0.2, 0) is 0 Å². The summed E-state index contributed by atoms with van der Waals surface area (Å²) in [6, 6.07) is 10.1. The van der Waals surface area contributed by atoms with Gasteiger partial charge in [0.2, 0.25) is 5.95 Å². The van der Waals surface area contributed by atoms with Crippen LogP contribution in [0.1, 0.15) is 12.5 Å². The molecule has 3 N–H and O–H groups in total. The van der Waals surface area contributed by atoms with Crippen LogP contribution in [0.3, 0.4) is 0 Å². The molecule has 2 aromatic heterocycles. The van der Waals surface area contributed by atoms with E-state index >= 15 is 0 Å². The van der Waals surface area contributed by atoms with Crippen molar-refractivity contribution in [3.05, 3.63) is 60.2 Å². The van der Waals surface area contributed by atoms with Gasteiger partial charge >= 0.3 is 0 Å². The minimum atomic E-state index is -0.255. The standard InChI is InChI=1S/C19H20FN5O/c1-12-9-15(3-4-16(12)20)23-18-10-17(14-5-7-21-8-6-14)24-19(25-18)22-13(2)11-26/h3-10,13,26H,11H2,1-2H3,(H2,22,23,24,25)/t13-/m1/s1. The van der Waals surface area contributed by atoms with E-state index in [2.05, 4.69) is 25.6 Å². The molecule has 0 saturated carbocycles. The number of pyridine rings is 1. The summed E-state index contributed by atoms with van der Waals surface area (Å²) in [5.74, 6) is 0.697. The second kappa shape index (κ2) is 7.88. The van der Waals surface area contributed by atoms with Gasteiger partial charge in [-0.25, -0.2) is 9.37 Å². The lowest BCUT2D eigenvalue weighted by Gasteiger charge is -2.14. The molecule has 0 radical (unpaired) electrons. The second-order valence-electron chi connectivity index (χ2n) is 6.01. The Morgan fingerprint density at radius 2 is 1.88 bits per heavy atom. The Bertz CT molecular complexity index is 888. The largest absolute Gasteiger partial charge is 0.394 e. The molecule has 0 fully saturated rings. The van der Waals surface area contributed by atoms with Gasteiger partial charge in [0.15, 0.2) is 0 Å². The van der Waals surface area contributed by atoms with Gasteiger partial charge in [-0.15, -0.1) is 0 Å². The van der Waals surface area contributed by atoms with Gasteiger partial charge in [0.05, 0.1) is 12.3 Å². The lowest BCUT2D eigenvalue weighted by molar-refractivity contribution is 0.281. The van der Waals surface area contributed by atoms with E-state index in [1.165, 1.54) is 6.07 Å². The minimum absolute atomic E-state index is 0.0389. The number of nitrogens with one attached hydrogen (secondary N) is 2. The predicted octanol–water partition coefficient (Wildman–Crippen LogP) is 3.52. The van der Waals surface area contributed by atoms with Crippen molar-refractivity contribution in [1.29, 1.82) is 0 Å². The van der Waals surface area contributed by atoms with Crippen LogP contribution >= 0.6 is 0 Å². The van der Waals surface area contributed by atoms with Crippen molar-refractivity contribution in [1.82, 2.24) is 15.0 Å². The molecule has 6 nitrogen and oxygen atoms in total. The number of halogens is 1. The highest BCUT2D eigenvalue weighted by atomic mass is 19.1. The van der Waals surface area contributed by atoms with Gasteiger partial charge < -0.3 is 15.7 Å². The number of aliphatic hydroxyl groups is 1.